The van der Waals surface area contributed by atoms with E-state index in [9.17, 15) is 49.1 Å². The first-order valence-electron chi connectivity index (χ1n) is 12.5. The fourth-order valence-corrected chi connectivity index (χ4v) is 4.98. The molecule has 2 aromatic carbocycles. The smallest absolute Gasteiger partial charge is 0.416 e. The molecular weight excluding hydrogens is 573 g/mol. The molecule has 0 aliphatic carbocycles. The Bertz CT molecular complexity index is 1240. The Morgan fingerprint density at radius 1 is 0.854 bits per heavy atom. The van der Waals surface area contributed by atoms with Crippen molar-refractivity contribution in [2.24, 2.45) is 0 Å². The molecule has 1 aliphatic rings. The van der Waals surface area contributed by atoms with Crippen molar-refractivity contribution in [1.29, 1.82) is 0 Å². The zero-order valence-corrected chi connectivity index (χ0v) is 22.0. The molecule has 5 nitrogen and oxygen atoms in total. The Hall–Kier alpha value is -3.45. The molecule has 226 valence electrons. The lowest BCUT2D eigenvalue weighted by Crippen LogP contribution is -2.46. The van der Waals surface area contributed by atoms with Crippen LogP contribution in [0.5, 0.6) is 0 Å². The molecule has 3 unspecified atom stereocenters. The summed E-state index contributed by atoms with van der Waals surface area (Å²) in [7, 11) is 0. The van der Waals surface area contributed by atoms with Crippen LogP contribution in [0, 0.1) is 0 Å². The highest BCUT2D eigenvalue weighted by molar-refractivity contribution is 5.90. The number of alkyl halides is 9. The minimum absolute atomic E-state index is 0.0459. The minimum atomic E-state index is -5.19. The number of carbonyl (C=O) groups is 2. The van der Waals surface area contributed by atoms with Crippen LogP contribution in [0.3, 0.4) is 0 Å². The first-order chi connectivity index (χ1) is 18.9. The third kappa shape index (κ3) is 7.25. The number of carbonyl (C=O) groups excluding carboxylic acids is 2. The SMILES string of the molecule is CCOC(=O)N1c2ccc(C(F)(F)F)cc2C(C(COC(C)=O)c2cc(C(F)(F)F)cc(C(F)(F)F)c2)CC1CC. The van der Waals surface area contributed by atoms with Crippen LogP contribution >= 0.6 is 0 Å². The molecule has 41 heavy (non-hydrogen) atoms. The normalized spacial score (nSPS) is 18.5. The van der Waals surface area contributed by atoms with Gasteiger partial charge < -0.3 is 9.47 Å². The van der Waals surface area contributed by atoms with Crippen molar-refractivity contribution < 1.29 is 58.6 Å². The lowest BCUT2D eigenvalue weighted by atomic mass is 9.73. The molecule has 0 fully saturated rings. The van der Waals surface area contributed by atoms with E-state index in [-0.39, 0.29) is 36.8 Å². The largest absolute Gasteiger partial charge is 0.465 e. The lowest BCUT2D eigenvalue weighted by molar-refractivity contribution is -0.144. The first kappa shape index (κ1) is 32.1. The van der Waals surface area contributed by atoms with Crippen molar-refractivity contribution in [2.75, 3.05) is 18.1 Å². The summed E-state index contributed by atoms with van der Waals surface area (Å²) >= 11 is 0. The Labute approximate surface area is 229 Å². The van der Waals surface area contributed by atoms with E-state index in [2.05, 4.69) is 0 Å². The number of hydrogen-bond donors (Lipinski definition) is 0. The summed E-state index contributed by atoms with van der Waals surface area (Å²) in [5.41, 5.74) is -5.16. The maximum absolute atomic E-state index is 13.7. The molecule has 0 spiro atoms. The Kier molecular flexibility index (Phi) is 9.23. The van der Waals surface area contributed by atoms with Gasteiger partial charge in [0, 0.05) is 18.9 Å². The van der Waals surface area contributed by atoms with E-state index in [1.165, 1.54) is 6.92 Å². The van der Waals surface area contributed by atoms with Crippen LogP contribution in [-0.4, -0.2) is 31.3 Å². The molecule has 0 N–H and O–H groups in total. The molecular formula is C27H26F9NO4. The van der Waals surface area contributed by atoms with Crippen LogP contribution in [0.15, 0.2) is 36.4 Å². The highest BCUT2D eigenvalue weighted by atomic mass is 19.4. The monoisotopic (exact) mass is 599 g/mol. The average molecular weight is 599 g/mol. The Morgan fingerprint density at radius 3 is 1.88 bits per heavy atom. The Morgan fingerprint density at radius 2 is 1.41 bits per heavy atom. The van der Waals surface area contributed by atoms with Gasteiger partial charge in [0.05, 0.1) is 35.6 Å². The average Bonchev–Trinajstić information content (AvgIpc) is 2.86. The quantitative estimate of drug-likeness (QED) is 0.248. The number of ether oxygens (including phenoxy) is 2. The highest BCUT2D eigenvalue weighted by Crippen LogP contribution is 2.50. The third-order valence-corrected chi connectivity index (χ3v) is 6.83. The van der Waals surface area contributed by atoms with Crippen molar-refractivity contribution >= 4 is 17.7 Å². The van der Waals surface area contributed by atoms with Crippen LogP contribution in [0.2, 0.25) is 0 Å². The summed E-state index contributed by atoms with van der Waals surface area (Å²) in [6.07, 6.45) is -16.1. The van der Waals surface area contributed by atoms with Gasteiger partial charge in [0.15, 0.2) is 0 Å². The molecule has 3 rings (SSSR count). The van der Waals surface area contributed by atoms with Crippen LogP contribution in [-0.2, 0) is 32.8 Å². The van der Waals surface area contributed by atoms with Gasteiger partial charge in [-0.25, -0.2) is 4.79 Å². The number of amides is 1. The van der Waals surface area contributed by atoms with Crippen molar-refractivity contribution in [1.82, 2.24) is 0 Å². The van der Waals surface area contributed by atoms with Gasteiger partial charge in [-0.1, -0.05) is 6.92 Å². The second kappa shape index (κ2) is 11.8. The van der Waals surface area contributed by atoms with Gasteiger partial charge in [-0.3, -0.25) is 9.69 Å². The summed E-state index contributed by atoms with van der Waals surface area (Å²) in [5, 5.41) is 0. The number of rotatable bonds is 6. The van der Waals surface area contributed by atoms with Crippen molar-refractivity contribution in [2.45, 2.75) is 70.0 Å². The molecule has 1 aliphatic heterocycles. The van der Waals surface area contributed by atoms with Gasteiger partial charge in [-0.05, 0) is 73.2 Å². The predicted molar refractivity (Wildman–Crippen MR) is 128 cm³/mol. The van der Waals surface area contributed by atoms with Gasteiger partial charge >= 0.3 is 30.6 Å². The molecule has 0 saturated heterocycles. The van der Waals surface area contributed by atoms with Crippen LogP contribution in [0.1, 0.15) is 73.3 Å². The Balaban J connectivity index is 2.33. The molecule has 0 radical (unpaired) electrons. The van der Waals surface area contributed by atoms with Crippen molar-refractivity contribution in [3.8, 4) is 0 Å². The second-order valence-corrected chi connectivity index (χ2v) is 9.49. The summed E-state index contributed by atoms with van der Waals surface area (Å²) in [6.45, 7) is 3.34. The van der Waals surface area contributed by atoms with E-state index in [4.69, 9.17) is 9.47 Å². The van der Waals surface area contributed by atoms with Crippen molar-refractivity contribution in [3.63, 3.8) is 0 Å². The van der Waals surface area contributed by atoms with Gasteiger partial charge in [-0.15, -0.1) is 0 Å². The third-order valence-electron chi connectivity index (χ3n) is 6.83. The van der Waals surface area contributed by atoms with E-state index >= 15 is 0 Å². The number of halogens is 9. The summed E-state index contributed by atoms with van der Waals surface area (Å²) in [5.74, 6) is -3.53. The zero-order valence-electron chi connectivity index (χ0n) is 22.0. The molecule has 3 atom stereocenters. The molecule has 1 heterocycles. The maximum Gasteiger partial charge on any atom is 0.416 e. The standard InChI is InChI=1S/C27H26F9NO4/c1-4-19-12-20(21-11-16(25(28,29)30)6-7-23(21)37(19)24(39)40-5-2)22(13-41-14(3)38)15-8-17(26(31,32)33)10-18(9-15)27(34,35)36/h6-11,19-20,22H,4-5,12-13H2,1-3H3. The van der Waals surface area contributed by atoms with Gasteiger partial charge in [-0.2, -0.15) is 39.5 Å². The summed E-state index contributed by atoms with van der Waals surface area (Å²) in [6, 6.07) is 2.55. The highest BCUT2D eigenvalue weighted by Gasteiger charge is 2.44. The number of esters is 1. The topological polar surface area (TPSA) is 55.8 Å². The maximum atomic E-state index is 13.7. The van der Waals surface area contributed by atoms with E-state index in [1.807, 2.05) is 0 Å². The van der Waals surface area contributed by atoms with E-state index in [1.54, 1.807) is 6.92 Å². The number of fused-ring (bicyclic) bond motifs is 1. The minimum Gasteiger partial charge on any atom is -0.465 e. The number of benzene rings is 2. The molecule has 0 aromatic heterocycles. The predicted octanol–water partition coefficient (Wildman–Crippen LogP) is 8.32. The summed E-state index contributed by atoms with van der Waals surface area (Å²) < 4.78 is 133. The molecule has 2 aromatic rings. The molecule has 1 amide bonds. The van der Waals surface area contributed by atoms with Crippen LogP contribution in [0.4, 0.5) is 50.0 Å². The van der Waals surface area contributed by atoms with E-state index in [0.717, 1.165) is 17.9 Å². The number of anilines is 1. The number of nitrogens with zero attached hydrogens (tertiary/aromatic N) is 1. The molecule has 14 heteroatoms. The van der Waals surface area contributed by atoms with Crippen molar-refractivity contribution in [3.05, 3.63) is 64.2 Å². The summed E-state index contributed by atoms with van der Waals surface area (Å²) in [4.78, 5) is 25.7. The fourth-order valence-electron chi connectivity index (χ4n) is 4.98. The second-order valence-electron chi connectivity index (χ2n) is 9.49. The van der Waals surface area contributed by atoms with Gasteiger partial charge in [0.2, 0.25) is 0 Å². The lowest BCUT2D eigenvalue weighted by Gasteiger charge is -2.43. The van der Waals surface area contributed by atoms with Crippen LogP contribution < -0.4 is 4.90 Å². The van der Waals surface area contributed by atoms with Gasteiger partial charge in [0.25, 0.3) is 0 Å². The molecule has 0 bridgehead atoms. The molecule has 0 saturated carbocycles. The van der Waals surface area contributed by atoms with E-state index < -0.39 is 77.3 Å². The first-order valence-corrected chi connectivity index (χ1v) is 12.5. The van der Waals surface area contributed by atoms with Crippen LogP contribution in [0.25, 0.3) is 0 Å². The van der Waals surface area contributed by atoms with E-state index in [0.29, 0.717) is 24.3 Å². The van der Waals surface area contributed by atoms with Gasteiger partial charge in [0.1, 0.15) is 0 Å². The fraction of sp³-hybridized carbons (Fsp3) is 0.481. The zero-order chi connectivity index (χ0) is 30.9. The number of hydrogen-bond acceptors (Lipinski definition) is 4.